The summed E-state index contributed by atoms with van der Waals surface area (Å²) in [5.41, 5.74) is 3.01. The van der Waals surface area contributed by atoms with E-state index in [0.717, 1.165) is 30.6 Å². The number of carbonyl (C=O) groups excluding carboxylic acids is 1. The number of allylic oxidation sites excluding steroid dienone is 1. The first-order valence-electron chi connectivity index (χ1n) is 14.0. The SMILES string of the molecule is C=C(C)[C@@H]1CC[C@]2(C=O)CC[C@]3(C)C(CCC4[C@@]5(C)CC[C@H](C)C(C)(C)C5CC[C@]43C)C12. The molecule has 32 heavy (non-hydrogen) atoms. The van der Waals surface area contributed by atoms with Gasteiger partial charge in [0.1, 0.15) is 6.29 Å². The molecular weight excluding hydrogens is 388 g/mol. The number of carbonyl (C=O) groups is 1. The Morgan fingerprint density at radius 3 is 2.19 bits per heavy atom. The summed E-state index contributed by atoms with van der Waals surface area (Å²) in [5.74, 6) is 4.35. The molecule has 0 heterocycles. The molecule has 5 saturated carbocycles. The lowest BCUT2D eigenvalue weighted by Crippen LogP contribution is -2.66. The van der Waals surface area contributed by atoms with Crippen LogP contribution in [0, 0.1) is 62.6 Å². The Morgan fingerprint density at radius 2 is 1.53 bits per heavy atom. The van der Waals surface area contributed by atoms with E-state index >= 15 is 0 Å². The van der Waals surface area contributed by atoms with Gasteiger partial charge in [0.2, 0.25) is 0 Å². The van der Waals surface area contributed by atoms with Crippen LogP contribution in [0.2, 0.25) is 0 Å². The van der Waals surface area contributed by atoms with Crippen LogP contribution in [0.4, 0.5) is 0 Å². The zero-order valence-corrected chi connectivity index (χ0v) is 22.2. The van der Waals surface area contributed by atoms with E-state index in [-0.39, 0.29) is 5.41 Å². The summed E-state index contributed by atoms with van der Waals surface area (Å²) in [7, 11) is 0. The van der Waals surface area contributed by atoms with E-state index in [0.29, 0.717) is 39.4 Å². The predicted octanol–water partition coefficient (Wildman–Crippen LogP) is 8.48. The zero-order valence-electron chi connectivity index (χ0n) is 22.2. The molecule has 0 radical (unpaired) electrons. The van der Waals surface area contributed by atoms with Gasteiger partial charge in [-0.2, -0.15) is 0 Å². The first kappa shape index (κ1) is 23.2. The van der Waals surface area contributed by atoms with Crippen molar-refractivity contribution < 1.29 is 4.79 Å². The van der Waals surface area contributed by atoms with Crippen LogP contribution < -0.4 is 0 Å². The molecule has 4 unspecified atom stereocenters. The molecule has 0 aromatic rings. The first-order chi connectivity index (χ1) is 14.9. The Balaban J connectivity index is 1.56. The van der Waals surface area contributed by atoms with Gasteiger partial charge >= 0.3 is 0 Å². The van der Waals surface area contributed by atoms with Crippen molar-refractivity contribution in [3.63, 3.8) is 0 Å². The van der Waals surface area contributed by atoms with E-state index in [9.17, 15) is 4.79 Å². The van der Waals surface area contributed by atoms with Crippen LogP contribution >= 0.6 is 0 Å². The minimum Gasteiger partial charge on any atom is -0.303 e. The van der Waals surface area contributed by atoms with E-state index in [4.69, 9.17) is 0 Å². The van der Waals surface area contributed by atoms with Gasteiger partial charge in [0, 0.05) is 5.41 Å². The number of rotatable bonds is 2. The van der Waals surface area contributed by atoms with Crippen molar-refractivity contribution in [2.75, 3.05) is 0 Å². The second-order valence-corrected chi connectivity index (χ2v) is 14.8. The third kappa shape index (κ3) is 2.61. The molecule has 180 valence electrons. The highest BCUT2D eigenvalue weighted by atomic mass is 16.1. The molecule has 5 aliphatic carbocycles. The topological polar surface area (TPSA) is 17.1 Å². The van der Waals surface area contributed by atoms with Gasteiger partial charge in [-0.15, -0.1) is 0 Å². The largest absolute Gasteiger partial charge is 0.303 e. The summed E-state index contributed by atoms with van der Waals surface area (Å²) >= 11 is 0. The fourth-order valence-corrected chi connectivity index (χ4v) is 11.6. The van der Waals surface area contributed by atoms with Crippen LogP contribution in [0.15, 0.2) is 12.2 Å². The van der Waals surface area contributed by atoms with Crippen molar-refractivity contribution in [1.82, 2.24) is 0 Å². The molecule has 0 N–H and O–H groups in total. The standard InChI is InChI=1S/C31H50O/c1-20(2)22-12-16-31(19-32)18-17-29(7)23(26(22)31)9-10-25-28(6)14-11-21(3)27(4,5)24(28)13-15-30(25,29)8/h19,21-26H,1,9-18H2,2-8H3/t21-,22-,23?,24?,25?,26?,28-,29+,30+,31+/m0/s1. The fraction of sp³-hybridized carbons (Fsp3) is 0.903. The van der Waals surface area contributed by atoms with E-state index < -0.39 is 0 Å². The molecule has 0 bridgehead atoms. The van der Waals surface area contributed by atoms with Gasteiger partial charge < -0.3 is 4.79 Å². The molecule has 0 spiro atoms. The molecular formula is C31H50O. The van der Waals surface area contributed by atoms with Crippen molar-refractivity contribution in [3.8, 4) is 0 Å². The Morgan fingerprint density at radius 1 is 0.812 bits per heavy atom. The van der Waals surface area contributed by atoms with Crippen LogP contribution in [-0.4, -0.2) is 6.29 Å². The fourth-order valence-electron chi connectivity index (χ4n) is 11.6. The van der Waals surface area contributed by atoms with E-state index in [1.165, 1.54) is 63.2 Å². The zero-order chi connectivity index (χ0) is 23.3. The van der Waals surface area contributed by atoms with Crippen molar-refractivity contribution in [1.29, 1.82) is 0 Å². The van der Waals surface area contributed by atoms with E-state index in [1.807, 2.05) is 0 Å². The third-order valence-electron chi connectivity index (χ3n) is 13.9. The molecule has 0 amide bonds. The minimum atomic E-state index is -0.0552. The summed E-state index contributed by atoms with van der Waals surface area (Å²) < 4.78 is 0. The van der Waals surface area contributed by atoms with Crippen LogP contribution in [0.25, 0.3) is 0 Å². The summed E-state index contributed by atoms with van der Waals surface area (Å²) in [6.45, 7) is 22.5. The molecule has 5 rings (SSSR count). The van der Waals surface area contributed by atoms with Crippen LogP contribution in [0.1, 0.15) is 113 Å². The lowest BCUT2D eigenvalue weighted by molar-refractivity contribution is -0.239. The second-order valence-electron chi connectivity index (χ2n) is 14.8. The van der Waals surface area contributed by atoms with Gasteiger partial charge in [-0.25, -0.2) is 0 Å². The number of fused-ring (bicyclic) bond motifs is 7. The normalized spacial score (nSPS) is 56.3. The van der Waals surface area contributed by atoms with Gasteiger partial charge in [-0.3, -0.25) is 0 Å². The number of aldehydes is 1. The Kier molecular flexibility index (Phi) is 5.05. The Labute approximate surface area is 198 Å². The van der Waals surface area contributed by atoms with Crippen molar-refractivity contribution in [2.24, 2.45) is 62.6 Å². The van der Waals surface area contributed by atoms with Gasteiger partial charge in [0.25, 0.3) is 0 Å². The van der Waals surface area contributed by atoms with Crippen LogP contribution in [-0.2, 0) is 4.79 Å². The lowest BCUT2D eigenvalue weighted by Gasteiger charge is -2.73. The molecule has 0 aromatic carbocycles. The maximum Gasteiger partial charge on any atom is 0.126 e. The summed E-state index contributed by atoms with van der Waals surface area (Å²) in [6, 6.07) is 0. The van der Waals surface area contributed by atoms with Crippen molar-refractivity contribution in [3.05, 3.63) is 12.2 Å². The molecule has 0 aromatic heterocycles. The molecule has 0 saturated heterocycles. The number of hydrogen-bond acceptors (Lipinski definition) is 1. The highest BCUT2D eigenvalue weighted by Gasteiger charge is 2.70. The maximum absolute atomic E-state index is 12.6. The van der Waals surface area contributed by atoms with Crippen molar-refractivity contribution in [2.45, 2.75) is 113 Å². The Hall–Kier alpha value is -0.590. The lowest BCUT2D eigenvalue weighted by atomic mass is 9.32. The summed E-state index contributed by atoms with van der Waals surface area (Å²) in [4.78, 5) is 12.6. The highest BCUT2D eigenvalue weighted by Crippen LogP contribution is 2.77. The van der Waals surface area contributed by atoms with Gasteiger partial charge in [0.05, 0.1) is 0 Å². The molecule has 5 fully saturated rings. The van der Waals surface area contributed by atoms with Crippen LogP contribution in [0.3, 0.4) is 0 Å². The summed E-state index contributed by atoms with van der Waals surface area (Å²) in [6.07, 6.45) is 14.5. The average Bonchev–Trinajstić information content (AvgIpc) is 3.12. The molecule has 0 aliphatic heterocycles. The quantitative estimate of drug-likeness (QED) is 0.312. The molecule has 1 heteroatoms. The Bertz CT molecular complexity index is 809. The minimum absolute atomic E-state index is 0.0552. The van der Waals surface area contributed by atoms with Crippen molar-refractivity contribution >= 4 is 6.29 Å². The number of hydrogen-bond donors (Lipinski definition) is 0. The third-order valence-corrected chi connectivity index (χ3v) is 13.9. The van der Waals surface area contributed by atoms with Gasteiger partial charge in [0.15, 0.2) is 0 Å². The smallest absolute Gasteiger partial charge is 0.126 e. The van der Waals surface area contributed by atoms with E-state index in [1.54, 1.807) is 0 Å². The molecule has 5 aliphatic rings. The van der Waals surface area contributed by atoms with Gasteiger partial charge in [-0.05, 0) is 128 Å². The monoisotopic (exact) mass is 438 g/mol. The summed E-state index contributed by atoms with van der Waals surface area (Å²) in [5, 5.41) is 0. The predicted molar refractivity (Wildman–Crippen MR) is 134 cm³/mol. The second kappa shape index (κ2) is 6.97. The maximum atomic E-state index is 12.6. The average molecular weight is 439 g/mol. The molecule has 10 atom stereocenters. The highest BCUT2D eigenvalue weighted by molar-refractivity contribution is 5.62. The van der Waals surface area contributed by atoms with Gasteiger partial charge in [-0.1, -0.05) is 53.7 Å². The molecule has 1 nitrogen and oxygen atoms in total. The van der Waals surface area contributed by atoms with E-state index in [2.05, 4.69) is 55.0 Å². The van der Waals surface area contributed by atoms with Crippen LogP contribution in [0.5, 0.6) is 0 Å². The first-order valence-corrected chi connectivity index (χ1v) is 14.0.